The molecule has 0 fully saturated rings. The fraction of sp³-hybridized carbons (Fsp3) is 0.562. The van der Waals surface area contributed by atoms with E-state index in [0.717, 1.165) is 24.9 Å². The minimum absolute atomic E-state index is 0.277. The fourth-order valence-corrected chi connectivity index (χ4v) is 1.81. The zero-order valence-corrected chi connectivity index (χ0v) is 12.3. The molecule has 0 unspecified atom stereocenters. The number of nitriles is 1. The Hall–Kier alpha value is -1.60. The van der Waals surface area contributed by atoms with Crippen LogP contribution in [0, 0.1) is 23.1 Å². The van der Waals surface area contributed by atoms with Crippen LogP contribution in [0.2, 0.25) is 0 Å². The number of rotatable bonds is 9. The quantitative estimate of drug-likeness (QED) is 0.701. The second kappa shape index (κ2) is 9.33. The summed E-state index contributed by atoms with van der Waals surface area (Å²) in [4.78, 5) is 0. The monoisotopic (exact) mass is 278 g/mol. The molecule has 0 aliphatic rings. The van der Waals surface area contributed by atoms with E-state index in [1.807, 2.05) is 6.07 Å². The highest BCUT2D eigenvalue weighted by atomic mass is 19.1. The first-order chi connectivity index (χ1) is 9.61. The largest absolute Gasteiger partial charge is 0.493 e. The average Bonchev–Trinajstić information content (AvgIpc) is 2.37. The molecule has 0 aliphatic carbocycles. The summed E-state index contributed by atoms with van der Waals surface area (Å²) in [5.41, 5.74) is 0.887. The highest BCUT2D eigenvalue weighted by Crippen LogP contribution is 2.17. The summed E-state index contributed by atoms with van der Waals surface area (Å²) in [6.07, 6.45) is 2.16. The molecule has 0 atom stereocenters. The SMILES string of the molecule is CC(C)CNCc1cc(F)cc(OCCCCC#N)c1. The Morgan fingerprint density at radius 1 is 1.30 bits per heavy atom. The lowest BCUT2D eigenvalue weighted by Crippen LogP contribution is -2.19. The topological polar surface area (TPSA) is 45.0 Å². The number of benzene rings is 1. The maximum atomic E-state index is 13.5. The van der Waals surface area contributed by atoms with Gasteiger partial charge in [0.05, 0.1) is 12.7 Å². The van der Waals surface area contributed by atoms with Crippen LogP contribution >= 0.6 is 0 Å². The number of nitrogens with one attached hydrogen (secondary N) is 1. The predicted octanol–water partition coefficient (Wildman–Crippen LogP) is 3.64. The predicted molar refractivity (Wildman–Crippen MR) is 77.9 cm³/mol. The van der Waals surface area contributed by atoms with E-state index < -0.39 is 0 Å². The van der Waals surface area contributed by atoms with E-state index in [1.165, 1.54) is 12.1 Å². The molecule has 0 radical (unpaired) electrons. The number of halogens is 1. The molecule has 0 bridgehead atoms. The van der Waals surface area contributed by atoms with Gasteiger partial charge in [-0.2, -0.15) is 5.26 Å². The molecule has 0 amide bonds. The smallest absolute Gasteiger partial charge is 0.127 e. The van der Waals surface area contributed by atoms with Gasteiger partial charge in [-0.1, -0.05) is 13.8 Å². The van der Waals surface area contributed by atoms with Gasteiger partial charge in [0.2, 0.25) is 0 Å². The van der Waals surface area contributed by atoms with Crippen LogP contribution in [0.25, 0.3) is 0 Å². The highest BCUT2D eigenvalue weighted by Gasteiger charge is 2.03. The molecule has 0 aromatic heterocycles. The van der Waals surface area contributed by atoms with Gasteiger partial charge in [-0.05, 0) is 43.0 Å². The Balaban J connectivity index is 2.43. The van der Waals surface area contributed by atoms with Gasteiger partial charge in [0, 0.05) is 19.0 Å². The van der Waals surface area contributed by atoms with Crippen molar-refractivity contribution in [1.82, 2.24) is 5.32 Å². The molecule has 0 saturated heterocycles. The zero-order chi connectivity index (χ0) is 14.8. The molecule has 1 aromatic rings. The normalized spacial score (nSPS) is 10.6. The number of hydrogen-bond donors (Lipinski definition) is 1. The maximum Gasteiger partial charge on any atom is 0.127 e. The van der Waals surface area contributed by atoms with Gasteiger partial charge >= 0.3 is 0 Å². The van der Waals surface area contributed by atoms with Gasteiger partial charge in [0.1, 0.15) is 11.6 Å². The molecule has 0 saturated carbocycles. The van der Waals surface area contributed by atoms with Crippen molar-refractivity contribution < 1.29 is 9.13 Å². The number of ether oxygens (including phenoxy) is 1. The van der Waals surface area contributed by atoms with Crippen molar-refractivity contribution >= 4 is 0 Å². The Morgan fingerprint density at radius 2 is 2.10 bits per heavy atom. The fourth-order valence-electron chi connectivity index (χ4n) is 1.81. The second-order valence-electron chi connectivity index (χ2n) is 5.28. The molecule has 1 aromatic carbocycles. The minimum atomic E-state index is -0.277. The van der Waals surface area contributed by atoms with Gasteiger partial charge in [-0.15, -0.1) is 0 Å². The summed E-state index contributed by atoms with van der Waals surface area (Å²) in [6.45, 7) is 6.33. The van der Waals surface area contributed by atoms with Crippen LogP contribution in [0.1, 0.15) is 38.7 Å². The number of nitrogens with zero attached hydrogens (tertiary/aromatic N) is 1. The van der Waals surface area contributed by atoms with E-state index in [0.29, 0.717) is 31.2 Å². The van der Waals surface area contributed by atoms with Gasteiger partial charge in [-0.3, -0.25) is 0 Å². The van der Waals surface area contributed by atoms with E-state index >= 15 is 0 Å². The second-order valence-corrected chi connectivity index (χ2v) is 5.28. The molecule has 0 spiro atoms. The summed E-state index contributed by atoms with van der Waals surface area (Å²) >= 11 is 0. The van der Waals surface area contributed by atoms with Crippen LogP contribution in [-0.4, -0.2) is 13.2 Å². The van der Waals surface area contributed by atoms with Crippen LogP contribution in [0.15, 0.2) is 18.2 Å². The van der Waals surface area contributed by atoms with E-state index in [-0.39, 0.29) is 5.82 Å². The molecule has 4 heteroatoms. The standard InChI is InChI=1S/C16H23FN2O/c1-13(2)11-19-12-14-8-15(17)10-16(9-14)20-7-5-3-4-6-18/h8-10,13,19H,3-5,7,11-12H2,1-2H3. The van der Waals surface area contributed by atoms with Crippen molar-refractivity contribution in [2.75, 3.05) is 13.2 Å². The Morgan fingerprint density at radius 3 is 2.80 bits per heavy atom. The molecule has 110 valence electrons. The van der Waals surface area contributed by atoms with Crippen LogP contribution < -0.4 is 10.1 Å². The third-order valence-electron chi connectivity index (χ3n) is 2.76. The van der Waals surface area contributed by atoms with Crippen molar-refractivity contribution in [3.8, 4) is 11.8 Å². The molecular formula is C16H23FN2O. The molecule has 3 nitrogen and oxygen atoms in total. The van der Waals surface area contributed by atoms with Crippen molar-refractivity contribution in [1.29, 1.82) is 5.26 Å². The van der Waals surface area contributed by atoms with Crippen LogP contribution in [0.3, 0.4) is 0 Å². The first kappa shape index (κ1) is 16.5. The van der Waals surface area contributed by atoms with E-state index in [9.17, 15) is 4.39 Å². The summed E-state index contributed by atoms with van der Waals surface area (Å²) in [5.74, 6) is 0.851. The van der Waals surface area contributed by atoms with Gasteiger partial charge < -0.3 is 10.1 Å². The molecule has 1 rings (SSSR count). The molecule has 20 heavy (non-hydrogen) atoms. The zero-order valence-electron chi connectivity index (χ0n) is 12.3. The number of unbranched alkanes of at least 4 members (excludes halogenated alkanes) is 2. The third kappa shape index (κ3) is 7.10. The molecule has 1 N–H and O–H groups in total. The van der Waals surface area contributed by atoms with Gasteiger partial charge in [-0.25, -0.2) is 4.39 Å². The summed E-state index contributed by atoms with van der Waals surface area (Å²) in [6, 6.07) is 6.88. The van der Waals surface area contributed by atoms with Crippen LogP contribution in [-0.2, 0) is 6.54 Å². The lowest BCUT2D eigenvalue weighted by Gasteiger charge is -2.10. The number of hydrogen-bond acceptors (Lipinski definition) is 3. The Kier molecular flexibility index (Phi) is 7.67. The Bertz CT molecular complexity index is 441. The molecular weight excluding hydrogens is 255 g/mol. The average molecular weight is 278 g/mol. The van der Waals surface area contributed by atoms with Crippen molar-refractivity contribution in [2.24, 2.45) is 5.92 Å². The van der Waals surface area contributed by atoms with Crippen molar-refractivity contribution in [3.63, 3.8) is 0 Å². The minimum Gasteiger partial charge on any atom is -0.493 e. The van der Waals surface area contributed by atoms with Crippen molar-refractivity contribution in [3.05, 3.63) is 29.6 Å². The lowest BCUT2D eigenvalue weighted by atomic mass is 10.2. The molecule has 0 heterocycles. The maximum absolute atomic E-state index is 13.5. The van der Waals surface area contributed by atoms with Gasteiger partial charge in [0.25, 0.3) is 0 Å². The first-order valence-electron chi connectivity index (χ1n) is 7.11. The summed E-state index contributed by atoms with van der Waals surface area (Å²) in [7, 11) is 0. The molecule has 0 aliphatic heterocycles. The van der Waals surface area contributed by atoms with E-state index in [1.54, 1.807) is 0 Å². The Labute approximate surface area is 120 Å². The summed E-state index contributed by atoms with van der Waals surface area (Å²) < 4.78 is 19.0. The van der Waals surface area contributed by atoms with E-state index in [4.69, 9.17) is 10.00 Å². The highest BCUT2D eigenvalue weighted by molar-refractivity contribution is 5.29. The van der Waals surface area contributed by atoms with Crippen LogP contribution in [0.4, 0.5) is 4.39 Å². The lowest BCUT2D eigenvalue weighted by molar-refractivity contribution is 0.305. The van der Waals surface area contributed by atoms with Crippen molar-refractivity contribution in [2.45, 2.75) is 39.7 Å². The van der Waals surface area contributed by atoms with Gasteiger partial charge in [0.15, 0.2) is 0 Å². The summed E-state index contributed by atoms with van der Waals surface area (Å²) in [5, 5.41) is 11.7. The van der Waals surface area contributed by atoms with E-state index in [2.05, 4.69) is 25.2 Å². The first-order valence-corrected chi connectivity index (χ1v) is 7.11. The third-order valence-corrected chi connectivity index (χ3v) is 2.76. The van der Waals surface area contributed by atoms with Crippen LogP contribution in [0.5, 0.6) is 5.75 Å².